The summed E-state index contributed by atoms with van der Waals surface area (Å²) in [4.78, 5) is 94.7. The number of unbranched alkanes of at least 4 members (excludes halogenated alkanes) is 4. The second kappa shape index (κ2) is 20.9. The SMILES string of the molecule is CC(=O)CCCCCC(CC(=O)CCCC(=O)CC(CCCCCC(C)=O)C(=O)NC(C)=O)C(=O)NC(C)=O. The maximum atomic E-state index is 12.6. The van der Waals surface area contributed by atoms with E-state index in [1.165, 1.54) is 27.7 Å². The van der Waals surface area contributed by atoms with Crippen LogP contribution in [0.1, 0.15) is 124 Å². The number of hydrogen-bond donors (Lipinski definition) is 2. The standard InChI is InChI=1S/C29H46N2O8/c1-20(32)12-7-5-9-14-24(28(38)30-22(3)34)18-26(36)16-11-17-27(37)19-25(29(39)31-23(4)35)15-10-6-8-13-21(2)33/h24-25H,5-19H2,1-4H3,(H,30,34,38)(H,31,35,39). The van der Waals surface area contributed by atoms with Crippen LogP contribution in [-0.2, 0) is 38.4 Å². The smallest absolute Gasteiger partial charge is 0.230 e. The fourth-order valence-electron chi connectivity index (χ4n) is 4.32. The zero-order valence-electron chi connectivity index (χ0n) is 24.0. The number of ketones is 4. The lowest BCUT2D eigenvalue weighted by Crippen LogP contribution is -2.35. The molecular weight excluding hydrogens is 504 g/mol. The number of rotatable bonds is 22. The summed E-state index contributed by atoms with van der Waals surface area (Å²) in [5.41, 5.74) is 0. The third-order valence-corrected chi connectivity index (χ3v) is 6.36. The third-order valence-electron chi connectivity index (χ3n) is 6.36. The summed E-state index contributed by atoms with van der Waals surface area (Å²) >= 11 is 0. The Labute approximate surface area is 231 Å². The van der Waals surface area contributed by atoms with E-state index < -0.39 is 35.5 Å². The van der Waals surface area contributed by atoms with Crippen LogP contribution in [0.3, 0.4) is 0 Å². The Bertz CT molecular complexity index is 811. The molecule has 0 heterocycles. The minimum absolute atomic E-state index is 0.0378. The number of nitrogens with one attached hydrogen (secondary N) is 2. The molecule has 0 spiro atoms. The van der Waals surface area contributed by atoms with Gasteiger partial charge in [0.25, 0.3) is 0 Å². The fraction of sp³-hybridized carbons (Fsp3) is 0.724. The van der Waals surface area contributed by atoms with Crippen molar-refractivity contribution in [3.63, 3.8) is 0 Å². The molecule has 10 heteroatoms. The van der Waals surface area contributed by atoms with E-state index in [0.29, 0.717) is 51.4 Å². The highest BCUT2D eigenvalue weighted by Crippen LogP contribution is 2.19. The van der Waals surface area contributed by atoms with E-state index >= 15 is 0 Å². The summed E-state index contributed by atoms with van der Waals surface area (Å²) in [6.07, 6.45) is 6.33. The summed E-state index contributed by atoms with van der Waals surface area (Å²) in [6.45, 7) is 5.50. The van der Waals surface area contributed by atoms with E-state index in [2.05, 4.69) is 10.6 Å². The van der Waals surface area contributed by atoms with E-state index in [1.54, 1.807) is 0 Å². The van der Waals surface area contributed by atoms with E-state index in [-0.39, 0.29) is 55.2 Å². The van der Waals surface area contributed by atoms with Gasteiger partial charge in [-0.3, -0.25) is 39.4 Å². The molecule has 0 aromatic carbocycles. The number of Topliss-reactive ketones (excluding diaryl/α,β-unsaturated/α-hetero) is 4. The first-order chi connectivity index (χ1) is 18.3. The largest absolute Gasteiger partial charge is 0.300 e. The number of amides is 4. The summed E-state index contributed by atoms with van der Waals surface area (Å²) < 4.78 is 0. The average Bonchev–Trinajstić information content (AvgIpc) is 2.80. The first-order valence-corrected chi connectivity index (χ1v) is 14.0. The lowest BCUT2D eigenvalue weighted by molar-refractivity contribution is -0.135. The van der Waals surface area contributed by atoms with Crippen LogP contribution in [0.5, 0.6) is 0 Å². The molecule has 10 nitrogen and oxygen atoms in total. The third kappa shape index (κ3) is 20.6. The van der Waals surface area contributed by atoms with E-state index in [0.717, 1.165) is 12.8 Å². The van der Waals surface area contributed by atoms with Crippen LogP contribution in [0.15, 0.2) is 0 Å². The minimum atomic E-state index is -0.655. The van der Waals surface area contributed by atoms with Crippen molar-refractivity contribution in [2.24, 2.45) is 11.8 Å². The highest BCUT2D eigenvalue weighted by atomic mass is 16.2. The van der Waals surface area contributed by atoms with Gasteiger partial charge in [0.15, 0.2) is 0 Å². The van der Waals surface area contributed by atoms with Crippen molar-refractivity contribution in [3.8, 4) is 0 Å². The molecule has 0 saturated heterocycles. The quantitative estimate of drug-likeness (QED) is 0.193. The van der Waals surface area contributed by atoms with Crippen molar-refractivity contribution < 1.29 is 38.4 Å². The molecular formula is C29H46N2O8. The molecule has 0 rings (SSSR count). The fourth-order valence-corrected chi connectivity index (χ4v) is 4.32. The first-order valence-electron chi connectivity index (χ1n) is 14.0. The lowest BCUT2D eigenvalue weighted by Gasteiger charge is -2.16. The van der Waals surface area contributed by atoms with E-state index in [1.807, 2.05) is 0 Å². The monoisotopic (exact) mass is 550 g/mol. The molecule has 0 aromatic heterocycles. The molecule has 0 fully saturated rings. The topological polar surface area (TPSA) is 161 Å². The molecule has 2 N–H and O–H groups in total. The number of carbonyl (C=O) groups is 8. The Kier molecular flexibility index (Phi) is 19.2. The Morgan fingerprint density at radius 2 is 0.821 bits per heavy atom. The molecule has 0 radical (unpaired) electrons. The van der Waals surface area contributed by atoms with Crippen molar-refractivity contribution >= 4 is 46.8 Å². The van der Waals surface area contributed by atoms with Crippen molar-refractivity contribution in [1.29, 1.82) is 0 Å². The normalized spacial score (nSPS) is 12.2. The molecule has 2 unspecified atom stereocenters. The second-order valence-corrected chi connectivity index (χ2v) is 10.4. The van der Waals surface area contributed by atoms with Gasteiger partial charge in [-0.2, -0.15) is 0 Å². The average molecular weight is 551 g/mol. The molecule has 0 aliphatic heterocycles. The predicted molar refractivity (Wildman–Crippen MR) is 145 cm³/mol. The molecule has 0 aromatic rings. The summed E-state index contributed by atoms with van der Waals surface area (Å²) in [5.74, 6) is -3.49. The van der Waals surface area contributed by atoms with Crippen molar-refractivity contribution in [2.75, 3.05) is 0 Å². The molecule has 220 valence electrons. The molecule has 2 atom stereocenters. The van der Waals surface area contributed by atoms with Gasteiger partial charge in [-0.1, -0.05) is 25.7 Å². The van der Waals surface area contributed by atoms with Gasteiger partial charge < -0.3 is 9.59 Å². The predicted octanol–water partition coefficient (Wildman–Crippen LogP) is 3.71. The molecule has 0 aliphatic carbocycles. The van der Waals surface area contributed by atoms with Crippen LogP contribution in [0.4, 0.5) is 0 Å². The molecule has 39 heavy (non-hydrogen) atoms. The molecule has 0 aliphatic rings. The Morgan fingerprint density at radius 3 is 1.13 bits per heavy atom. The van der Waals surface area contributed by atoms with Gasteiger partial charge in [-0.05, 0) is 46.0 Å². The second-order valence-electron chi connectivity index (χ2n) is 10.4. The van der Waals surface area contributed by atoms with Gasteiger partial charge in [-0.15, -0.1) is 0 Å². The first kappa shape index (κ1) is 36.0. The van der Waals surface area contributed by atoms with E-state index in [4.69, 9.17) is 0 Å². The Morgan fingerprint density at radius 1 is 0.462 bits per heavy atom. The van der Waals surface area contributed by atoms with Crippen LogP contribution < -0.4 is 10.6 Å². The zero-order valence-corrected chi connectivity index (χ0v) is 24.0. The van der Waals surface area contributed by atoms with Gasteiger partial charge in [-0.25, -0.2) is 0 Å². The van der Waals surface area contributed by atoms with Crippen molar-refractivity contribution in [2.45, 2.75) is 124 Å². The maximum Gasteiger partial charge on any atom is 0.230 e. The van der Waals surface area contributed by atoms with Gasteiger partial charge in [0.2, 0.25) is 23.6 Å². The van der Waals surface area contributed by atoms with Gasteiger partial charge >= 0.3 is 0 Å². The van der Waals surface area contributed by atoms with Gasteiger partial charge in [0, 0.05) is 64.2 Å². The highest BCUT2D eigenvalue weighted by molar-refractivity contribution is 5.98. The molecule has 0 saturated carbocycles. The lowest BCUT2D eigenvalue weighted by atomic mass is 9.91. The van der Waals surface area contributed by atoms with Gasteiger partial charge in [0.1, 0.15) is 23.1 Å². The van der Waals surface area contributed by atoms with Crippen LogP contribution in [0.25, 0.3) is 0 Å². The highest BCUT2D eigenvalue weighted by Gasteiger charge is 2.24. The summed E-state index contributed by atoms with van der Waals surface area (Å²) in [6, 6.07) is 0. The van der Waals surface area contributed by atoms with Crippen molar-refractivity contribution in [1.82, 2.24) is 10.6 Å². The zero-order chi connectivity index (χ0) is 29.8. The Balaban J connectivity index is 4.75. The van der Waals surface area contributed by atoms with Crippen LogP contribution in [0.2, 0.25) is 0 Å². The minimum Gasteiger partial charge on any atom is -0.300 e. The van der Waals surface area contributed by atoms with Gasteiger partial charge in [0.05, 0.1) is 0 Å². The number of carbonyl (C=O) groups excluding carboxylic acids is 8. The van der Waals surface area contributed by atoms with E-state index in [9.17, 15) is 38.4 Å². The van der Waals surface area contributed by atoms with Crippen LogP contribution in [0, 0.1) is 11.8 Å². The molecule has 0 bridgehead atoms. The maximum absolute atomic E-state index is 12.6. The van der Waals surface area contributed by atoms with Crippen molar-refractivity contribution in [3.05, 3.63) is 0 Å². The van der Waals surface area contributed by atoms with Crippen LogP contribution >= 0.6 is 0 Å². The summed E-state index contributed by atoms with van der Waals surface area (Å²) in [7, 11) is 0. The number of hydrogen-bond acceptors (Lipinski definition) is 8. The Hall–Kier alpha value is -3.04. The summed E-state index contributed by atoms with van der Waals surface area (Å²) in [5, 5.41) is 4.48. The van der Waals surface area contributed by atoms with Crippen LogP contribution in [-0.4, -0.2) is 46.8 Å². The number of imide groups is 2. The molecule has 4 amide bonds.